The number of unbranched alkanes of at least 4 members (excludes halogenated alkanes) is 1. The number of para-hydroxylation sites is 1. The number of carbonyl (C=O) groups is 1. The maximum Gasteiger partial charge on any atom is 0.238 e. The van der Waals surface area contributed by atoms with E-state index in [9.17, 15) is 4.79 Å². The van der Waals surface area contributed by atoms with Crippen LogP contribution in [0.25, 0.3) is 0 Å². The number of benzene rings is 1. The summed E-state index contributed by atoms with van der Waals surface area (Å²) < 4.78 is 0. The SMILES string of the molecule is CCCCN(CCCO)CC(=O)Nc1c(Cl)cccc1Cl. The van der Waals surface area contributed by atoms with E-state index >= 15 is 0 Å². The van der Waals surface area contributed by atoms with Crippen LogP contribution in [0.2, 0.25) is 10.0 Å². The predicted molar refractivity (Wildman–Crippen MR) is 88.1 cm³/mol. The van der Waals surface area contributed by atoms with Crippen molar-refractivity contribution < 1.29 is 9.90 Å². The van der Waals surface area contributed by atoms with E-state index in [4.69, 9.17) is 28.3 Å². The van der Waals surface area contributed by atoms with Crippen molar-refractivity contribution in [1.82, 2.24) is 4.90 Å². The molecule has 0 aliphatic rings. The second-order valence-electron chi connectivity index (χ2n) is 4.85. The molecule has 0 bridgehead atoms. The molecule has 0 spiro atoms. The lowest BCUT2D eigenvalue weighted by Crippen LogP contribution is -2.35. The molecule has 2 N–H and O–H groups in total. The van der Waals surface area contributed by atoms with E-state index in [1.54, 1.807) is 18.2 Å². The van der Waals surface area contributed by atoms with Gasteiger partial charge in [0.15, 0.2) is 0 Å². The molecule has 1 aromatic carbocycles. The molecule has 0 saturated carbocycles. The van der Waals surface area contributed by atoms with Crippen molar-refractivity contribution in [2.24, 2.45) is 0 Å². The molecule has 1 rings (SSSR count). The predicted octanol–water partition coefficient (Wildman–Crippen LogP) is 3.42. The van der Waals surface area contributed by atoms with Gasteiger partial charge < -0.3 is 10.4 Å². The second kappa shape index (κ2) is 10.0. The van der Waals surface area contributed by atoms with Gasteiger partial charge in [-0.1, -0.05) is 42.6 Å². The molecule has 1 aromatic rings. The largest absolute Gasteiger partial charge is 0.396 e. The van der Waals surface area contributed by atoms with Crippen LogP contribution in [0.3, 0.4) is 0 Å². The number of carbonyl (C=O) groups excluding carboxylic acids is 1. The number of aliphatic hydroxyl groups is 1. The minimum absolute atomic E-state index is 0.126. The highest BCUT2D eigenvalue weighted by Crippen LogP contribution is 2.29. The summed E-state index contributed by atoms with van der Waals surface area (Å²) >= 11 is 12.1. The molecule has 21 heavy (non-hydrogen) atoms. The molecule has 0 saturated heterocycles. The van der Waals surface area contributed by atoms with Gasteiger partial charge in [-0.15, -0.1) is 0 Å². The zero-order valence-electron chi connectivity index (χ0n) is 12.2. The highest BCUT2D eigenvalue weighted by molar-refractivity contribution is 6.39. The zero-order valence-corrected chi connectivity index (χ0v) is 13.8. The number of hydrogen-bond donors (Lipinski definition) is 2. The molecular weight excluding hydrogens is 311 g/mol. The number of aliphatic hydroxyl groups excluding tert-OH is 1. The van der Waals surface area contributed by atoms with Crippen molar-refractivity contribution in [2.75, 3.05) is 31.6 Å². The Morgan fingerprint density at radius 1 is 1.24 bits per heavy atom. The van der Waals surface area contributed by atoms with Gasteiger partial charge in [0.05, 0.1) is 22.3 Å². The smallest absolute Gasteiger partial charge is 0.238 e. The van der Waals surface area contributed by atoms with E-state index in [1.807, 2.05) is 4.90 Å². The second-order valence-corrected chi connectivity index (χ2v) is 5.67. The van der Waals surface area contributed by atoms with Gasteiger partial charge in [-0.3, -0.25) is 9.69 Å². The van der Waals surface area contributed by atoms with Gasteiger partial charge in [-0.2, -0.15) is 0 Å². The van der Waals surface area contributed by atoms with E-state index in [1.165, 1.54) is 0 Å². The zero-order chi connectivity index (χ0) is 15.7. The molecule has 1 amide bonds. The molecule has 4 nitrogen and oxygen atoms in total. The average Bonchev–Trinajstić information content (AvgIpc) is 2.46. The molecule has 0 unspecified atom stereocenters. The van der Waals surface area contributed by atoms with Crippen molar-refractivity contribution in [3.05, 3.63) is 28.2 Å². The summed E-state index contributed by atoms with van der Waals surface area (Å²) in [5.41, 5.74) is 0.448. The van der Waals surface area contributed by atoms with Gasteiger partial charge in [0.2, 0.25) is 5.91 Å². The van der Waals surface area contributed by atoms with Gasteiger partial charge in [0.25, 0.3) is 0 Å². The van der Waals surface area contributed by atoms with Crippen molar-refractivity contribution in [3.8, 4) is 0 Å². The van der Waals surface area contributed by atoms with Gasteiger partial charge in [-0.25, -0.2) is 0 Å². The fourth-order valence-electron chi connectivity index (χ4n) is 1.95. The number of rotatable bonds is 9. The molecule has 0 heterocycles. The van der Waals surface area contributed by atoms with E-state index in [0.29, 0.717) is 28.7 Å². The highest BCUT2D eigenvalue weighted by Gasteiger charge is 2.13. The van der Waals surface area contributed by atoms with Crippen molar-refractivity contribution in [1.29, 1.82) is 0 Å². The van der Waals surface area contributed by atoms with Crippen molar-refractivity contribution in [3.63, 3.8) is 0 Å². The number of nitrogens with one attached hydrogen (secondary N) is 1. The van der Waals surface area contributed by atoms with E-state index in [2.05, 4.69) is 12.2 Å². The molecule has 0 aliphatic carbocycles. The first-order valence-electron chi connectivity index (χ1n) is 7.15. The normalized spacial score (nSPS) is 10.9. The third-order valence-electron chi connectivity index (χ3n) is 3.05. The van der Waals surface area contributed by atoms with E-state index in [0.717, 1.165) is 19.4 Å². The third kappa shape index (κ3) is 6.66. The Kier molecular flexibility index (Phi) is 8.69. The number of anilines is 1. The Labute approximate surface area is 136 Å². The van der Waals surface area contributed by atoms with Crippen LogP contribution in [0.5, 0.6) is 0 Å². The van der Waals surface area contributed by atoms with Crippen LogP contribution in [0.4, 0.5) is 5.69 Å². The van der Waals surface area contributed by atoms with Crippen LogP contribution < -0.4 is 5.32 Å². The first-order valence-corrected chi connectivity index (χ1v) is 7.91. The molecule has 0 aromatic heterocycles. The quantitative estimate of drug-likeness (QED) is 0.728. The number of amides is 1. The van der Waals surface area contributed by atoms with Gasteiger partial charge >= 0.3 is 0 Å². The standard InChI is InChI=1S/C15H22Cl2N2O2/c1-2-3-8-19(9-5-10-20)11-14(21)18-15-12(16)6-4-7-13(15)17/h4,6-7,20H,2-3,5,8-11H2,1H3,(H,18,21). The summed E-state index contributed by atoms with van der Waals surface area (Å²) in [7, 11) is 0. The maximum atomic E-state index is 12.1. The van der Waals surface area contributed by atoms with Crippen LogP contribution in [0.15, 0.2) is 18.2 Å². The first-order chi connectivity index (χ1) is 10.1. The van der Waals surface area contributed by atoms with Gasteiger partial charge in [0.1, 0.15) is 0 Å². The van der Waals surface area contributed by atoms with E-state index in [-0.39, 0.29) is 19.1 Å². The number of nitrogens with zero attached hydrogens (tertiary/aromatic N) is 1. The fraction of sp³-hybridized carbons (Fsp3) is 0.533. The Hall–Kier alpha value is -0.810. The van der Waals surface area contributed by atoms with Gasteiger partial charge in [0, 0.05) is 13.2 Å². The highest BCUT2D eigenvalue weighted by atomic mass is 35.5. The Bertz CT molecular complexity index is 427. The summed E-state index contributed by atoms with van der Waals surface area (Å²) in [6, 6.07) is 5.10. The van der Waals surface area contributed by atoms with E-state index < -0.39 is 0 Å². The molecule has 6 heteroatoms. The Balaban J connectivity index is 2.60. The Morgan fingerprint density at radius 2 is 1.86 bits per heavy atom. The topological polar surface area (TPSA) is 52.6 Å². The average molecular weight is 333 g/mol. The minimum Gasteiger partial charge on any atom is -0.396 e. The summed E-state index contributed by atoms with van der Waals surface area (Å²) in [4.78, 5) is 14.1. The lowest BCUT2D eigenvalue weighted by Gasteiger charge is -2.21. The van der Waals surface area contributed by atoms with Crippen LogP contribution >= 0.6 is 23.2 Å². The van der Waals surface area contributed by atoms with Crippen molar-refractivity contribution in [2.45, 2.75) is 26.2 Å². The summed E-state index contributed by atoms with van der Waals surface area (Å²) in [5.74, 6) is -0.154. The molecule has 0 atom stereocenters. The summed E-state index contributed by atoms with van der Waals surface area (Å²) in [6.45, 7) is 4.02. The third-order valence-corrected chi connectivity index (χ3v) is 3.68. The molecule has 118 valence electrons. The first kappa shape index (κ1) is 18.2. The van der Waals surface area contributed by atoms with Gasteiger partial charge in [-0.05, 0) is 31.5 Å². The molecule has 0 fully saturated rings. The lowest BCUT2D eigenvalue weighted by atomic mass is 10.2. The summed E-state index contributed by atoms with van der Waals surface area (Å²) in [6.07, 6.45) is 2.74. The summed E-state index contributed by atoms with van der Waals surface area (Å²) in [5, 5.41) is 12.5. The minimum atomic E-state index is -0.154. The number of halogens is 2. The molecule has 0 radical (unpaired) electrons. The Morgan fingerprint density at radius 3 is 2.43 bits per heavy atom. The van der Waals surface area contributed by atoms with Crippen LogP contribution in [-0.2, 0) is 4.79 Å². The van der Waals surface area contributed by atoms with Crippen LogP contribution in [0.1, 0.15) is 26.2 Å². The monoisotopic (exact) mass is 332 g/mol. The lowest BCUT2D eigenvalue weighted by molar-refractivity contribution is -0.117. The fourth-order valence-corrected chi connectivity index (χ4v) is 2.44. The van der Waals surface area contributed by atoms with Crippen LogP contribution in [0, 0.1) is 0 Å². The molecular formula is C15H22Cl2N2O2. The maximum absolute atomic E-state index is 12.1. The molecule has 0 aliphatic heterocycles. The van der Waals surface area contributed by atoms with Crippen molar-refractivity contribution >= 4 is 34.8 Å². The van der Waals surface area contributed by atoms with Crippen LogP contribution in [-0.4, -0.2) is 42.2 Å². The number of hydrogen-bond acceptors (Lipinski definition) is 3.